The van der Waals surface area contributed by atoms with E-state index in [0.717, 1.165) is 71.4 Å². The molecule has 13 aromatic rings. The summed E-state index contributed by atoms with van der Waals surface area (Å²) in [5.74, 6) is 3.40. The van der Waals surface area contributed by atoms with Crippen LogP contribution in [0.1, 0.15) is 103 Å². The number of anilines is 12. The summed E-state index contributed by atoms with van der Waals surface area (Å²) >= 11 is 3.90. The number of benzene rings is 11. The van der Waals surface area contributed by atoms with Gasteiger partial charge in [-0.2, -0.15) is 0 Å². The number of nitrogens with zero attached hydrogens (tertiary/aromatic N) is 4. The predicted molar refractivity (Wildman–Crippen MR) is 442 cm³/mol. The maximum atomic E-state index is 7.91. The average Bonchev–Trinajstić information content (AvgIpc) is 1.26. The molecule has 102 heavy (non-hydrogen) atoms. The second-order valence-electron chi connectivity index (χ2n) is 34.0. The van der Waals surface area contributed by atoms with Gasteiger partial charge in [-0.05, 0) is 185 Å². The number of hydrogen-bond acceptors (Lipinski definition) is 8. The molecule has 6 aliphatic heterocycles. The van der Waals surface area contributed by atoms with Crippen LogP contribution in [0.3, 0.4) is 0 Å². The van der Waals surface area contributed by atoms with Gasteiger partial charge in [-0.1, -0.05) is 209 Å². The van der Waals surface area contributed by atoms with Crippen LogP contribution in [-0.4, -0.2) is 29.6 Å². The number of thiophene rings is 2. The second kappa shape index (κ2) is 20.7. The normalized spacial score (nSPS) is 18.4. The van der Waals surface area contributed by atoms with E-state index in [2.05, 4.69) is 320 Å². The van der Waals surface area contributed by atoms with Crippen LogP contribution in [0.25, 0.3) is 20.2 Å². The van der Waals surface area contributed by atoms with Gasteiger partial charge >= 0.3 is 0 Å². The molecule has 0 saturated carbocycles. The fourth-order valence-corrected chi connectivity index (χ4v) is 28.6. The summed E-state index contributed by atoms with van der Waals surface area (Å²) in [5.41, 5.74) is 24.9. The second-order valence-corrected chi connectivity index (χ2v) is 44.9. The fourth-order valence-electron chi connectivity index (χ4n) is 19.9. The maximum absolute atomic E-state index is 7.91. The lowest BCUT2D eigenvalue weighted by molar-refractivity contribution is 0.332. The van der Waals surface area contributed by atoms with Crippen molar-refractivity contribution in [3.05, 3.63) is 241 Å². The van der Waals surface area contributed by atoms with Crippen molar-refractivity contribution in [3.63, 3.8) is 0 Å². The Hall–Kier alpha value is -9.30. The quantitative estimate of drug-likeness (QED) is 0.163. The molecule has 0 bridgehead atoms. The largest absolute Gasteiger partial charge is 0.458 e. The molecule has 0 saturated heterocycles. The SMILES string of the molecule is CC1(C)CCC(C)(C)c2cc(N3c4cc(N5c6ccccc6[Si](C)(C)c6ccccc65)cc5c4B(c4cc6c(cc4O5)Oc4cc(N5c7ccccc7[Si](C)(C)c7ccccc75)cc5c4B6c4sc6ccccc6c4N5c4ccc5c(c4)C(C)(C)CCC5(C)C)c4sc5ccccc5c43)ccc21. The molecule has 0 spiro atoms. The molecule has 8 heterocycles. The van der Waals surface area contributed by atoms with Crippen molar-refractivity contribution in [1.29, 1.82) is 0 Å². The van der Waals surface area contributed by atoms with E-state index in [9.17, 15) is 0 Å². The Morgan fingerprint density at radius 3 is 1.05 bits per heavy atom. The zero-order valence-corrected chi connectivity index (χ0v) is 63.8. The minimum atomic E-state index is -2.15. The minimum absolute atomic E-state index is 0.0106. The summed E-state index contributed by atoms with van der Waals surface area (Å²) in [5, 5.41) is 8.25. The van der Waals surface area contributed by atoms with Crippen molar-refractivity contribution in [2.24, 2.45) is 0 Å². The molecule has 21 rings (SSSR count). The topological polar surface area (TPSA) is 31.4 Å². The fraction of sp³-hybridized carbons (Fsp3) is 0.222. The number of rotatable bonds is 4. The molecule has 498 valence electrons. The number of hydrogen-bond donors (Lipinski definition) is 0. The van der Waals surface area contributed by atoms with E-state index in [1.54, 1.807) is 0 Å². The van der Waals surface area contributed by atoms with Gasteiger partial charge in [0, 0.05) is 93.4 Å². The molecule has 0 radical (unpaired) electrons. The average molecular weight is 1390 g/mol. The van der Waals surface area contributed by atoms with Crippen molar-refractivity contribution >= 4 is 193 Å². The standard InChI is InChI=1S/C90H80B2N4O2S2Si2/c1-87(2)41-43-89(5,6)61-45-53(37-39-59(61)87)95-69-47-55(93-65-27-15-21-33-77(65)101(9,10)78-34-22-16-28-66(78)93)49-73-81(69)91(85-83(95)57-25-13-19-31-75(57)99-85)63-51-64-72(52-71(63)97-73)98-74-50-56(94-67-29-17-23-35-79(67)102(11,12)80-36-24-18-30-68(80)94)48-70-82(74)92(64)86-84(58-26-14-20-32-76(58)100-86)96(70)54-38-40-60-62(46-54)90(7,8)44-42-88(60,3)4/h13-40,45-52H,41-44H2,1-12H3. The lowest BCUT2D eigenvalue weighted by Crippen LogP contribution is -2.62. The van der Waals surface area contributed by atoms with Crippen molar-refractivity contribution < 1.29 is 9.47 Å². The van der Waals surface area contributed by atoms with Crippen molar-refractivity contribution in [2.45, 2.75) is 129 Å². The lowest BCUT2D eigenvalue weighted by atomic mass is 9.33. The highest BCUT2D eigenvalue weighted by Crippen LogP contribution is 2.56. The summed E-state index contributed by atoms with van der Waals surface area (Å²) in [6.45, 7) is 29.4. The van der Waals surface area contributed by atoms with Gasteiger partial charge in [0.1, 0.15) is 39.1 Å². The predicted octanol–water partition coefficient (Wildman–Crippen LogP) is 18.8. The van der Waals surface area contributed by atoms with Crippen LogP contribution in [0.15, 0.2) is 218 Å². The molecule has 2 aromatic heterocycles. The smallest absolute Gasteiger partial charge is 0.268 e. The van der Waals surface area contributed by atoms with Crippen LogP contribution in [0.2, 0.25) is 26.2 Å². The number of ether oxygens (including phenoxy) is 2. The van der Waals surface area contributed by atoms with Gasteiger partial charge in [0.15, 0.2) is 0 Å². The Morgan fingerprint density at radius 1 is 0.324 bits per heavy atom. The highest BCUT2D eigenvalue weighted by atomic mass is 32.1. The first-order chi connectivity index (χ1) is 49.1. The highest BCUT2D eigenvalue weighted by Gasteiger charge is 2.52. The van der Waals surface area contributed by atoms with Gasteiger partial charge in [0.05, 0.1) is 22.7 Å². The van der Waals surface area contributed by atoms with Gasteiger partial charge < -0.3 is 29.1 Å². The van der Waals surface area contributed by atoms with E-state index in [-0.39, 0.29) is 35.1 Å². The highest BCUT2D eigenvalue weighted by molar-refractivity contribution is 7.34. The van der Waals surface area contributed by atoms with Crippen LogP contribution in [0, 0.1) is 0 Å². The van der Waals surface area contributed by atoms with Crippen molar-refractivity contribution in [1.82, 2.24) is 0 Å². The molecule has 6 nitrogen and oxygen atoms in total. The molecular weight excluding hydrogens is 1310 g/mol. The molecule has 0 N–H and O–H groups in total. The zero-order chi connectivity index (χ0) is 69.2. The van der Waals surface area contributed by atoms with Crippen LogP contribution in [0.4, 0.5) is 68.2 Å². The molecule has 0 unspecified atom stereocenters. The Kier molecular flexibility index (Phi) is 12.5. The number of para-hydroxylation sites is 4. The first kappa shape index (κ1) is 61.4. The molecule has 0 fully saturated rings. The Bertz CT molecular complexity index is 5450. The summed E-state index contributed by atoms with van der Waals surface area (Å²) in [6.07, 6.45) is 4.57. The third-order valence-electron chi connectivity index (χ3n) is 25.6. The van der Waals surface area contributed by atoms with Gasteiger partial charge in [0.2, 0.25) is 0 Å². The molecule has 0 amide bonds. The summed E-state index contributed by atoms with van der Waals surface area (Å²) in [4.78, 5) is 10.4. The molecular formula is C90H80B2N4O2S2Si2. The third kappa shape index (κ3) is 8.29. The van der Waals surface area contributed by atoms with Crippen LogP contribution in [0.5, 0.6) is 23.0 Å². The molecule has 0 atom stereocenters. The Morgan fingerprint density at radius 2 is 0.667 bits per heavy atom. The van der Waals surface area contributed by atoms with Gasteiger partial charge in [-0.25, -0.2) is 0 Å². The van der Waals surface area contributed by atoms with Crippen LogP contribution in [-0.2, 0) is 21.7 Å². The van der Waals surface area contributed by atoms with E-state index in [4.69, 9.17) is 9.47 Å². The summed E-state index contributed by atoms with van der Waals surface area (Å²) in [6, 6.07) is 84.9. The molecule has 11 aromatic carbocycles. The minimum Gasteiger partial charge on any atom is -0.458 e. The van der Waals surface area contributed by atoms with E-state index in [0.29, 0.717) is 0 Å². The Balaban J connectivity index is 0.831. The van der Waals surface area contributed by atoms with E-state index < -0.39 is 16.1 Å². The van der Waals surface area contributed by atoms with Gasteiger partial charge in [0.25, 0.3) is 13.4 Å². The van der Waals surface area contributed by atoms with Crippen molar-refractivity contribution in [2.75, 3.05) is 19.6 Å². The first-order valence-corrected chi connectivity index (χ1v) is 44.5. The molecule has 2 aliphatic carbocycles. The van der Waals surface area contributed by atoms with E-state index in [1.807, 2.05) is 22.7 Å². The van der Waals surface area contributed by atoms with Crippen LogP contribution >= 0.6 is 22.7 Å². The number of fused-ring (bicyclic) bond motifs is 18. The van der Waals surface area contributed by atoms with E-state index in [1.165, 1.54) is 140 Å². The van der Waals surface area contributed by atoms with E-state index >= 15 is 0 Å². The third-order valence-corrected chi connectivity index (χ3v) is 35.1. The summed E-state index contributed by atoms with van der Waals surface area (Å²) < 4.78 is 21.0. The molecule has 8 aliphatic rings. The lowest BCUT2D eigenvalue weighted by Gasteiger charge is -2.45. The van der Waals surface area contributed by atoms with Crippen LogP contribution < -0.4 is 81.2 Å². The van der Waals surface area contributed by atoms with Gasteiger partial charge in [-0.15, -0.1) is 22.7 Å². The van der Waals surface area contributed by atoms with Gasteiger partial charge in [-0.3, -0.25) is 0 Å². The Labute approximate surface area is 610 Å². The maximum Gasteiger partial charge on any atom is 0.268 e. The zero-order valence-electron chi connectivity index (χ0n) is 60.2. The first-order valence-electron chi connectivity index (χ1n) is 36.9. The van der Waals surface area contributed by atoms with Crippen molar-refractivity contribution in [3.8, 4) is 23.0 Å². The monoisotopic (exact) mass is 1390 g/mol. The summed E-state index contributed by atoms with van der Waals surface area (Å²) in [7, 11) is -4.29. The molecule has 12 heteroatoms.